The quantitative estimate of drug-likeness (QED) is 0.852. The normalized spacial score (nSPS) is 20.0. The molecule has 1 amide bonds. The van der Waals surface area contributed by atoms with Crippen LogP contribution in [0.4, 0.5) is 5.82 Å². The Bertz CT molecular complexity index is 508. The summed E-state index contributed by atoms with van der Waals surface area (Å²) in [6, 6.07) is 3.96. The van der Waals surface area contributed by atoms with Gasteiger partial charge < -0.3 is 10.2 Å². The number of amides is 1. The number of pyridine rings is 1. The molecule has 0 atom stereocenters. The van der Waals surface area contributed by atoms with Crippen LogP contribution in [0.3, 0.4) is 0 Å². The predicted molar refractivity (Wildman–Crippen MR) is 95.4 cm³/mol. The molecule has 1 aliphatic heterocycles. The van der Waals surface area contributed by atoms with Crippen molar-refractivity contribution in [3.63, 3.8) is 0 Å². The van der Waals surface area contributed by atoms with Gasteiger partial charge in [0.1, 0.15) is 5.82 Å². The minimum Gasteiger partial charge on any atom is -0.369 e. The Kier molecular flexibility index (Phi) is 5.89. The van der Waals surface area contributed by atoms with Crippen LogP contribution < -0.4 is 5.32 Å². The number of carbonyl (C=O) groups excluding carboxylic acids is 1. The molecule has 3 rings (SSSR count). The van der Waals surface area contributed by atoms with E-state index in [-0.39, 0.29) is 0 Å². The minimum atomic E-state index is 0.312. The van der Waals surface area contributed by atoms with E-state index in [4.69, 9.17) is 0 Å². The molecule has 1 aromatic rings. The number of anilines is 1. The number of nitrogens with zero attached hydrogens (tertiary/aromatic N) is 3. The second-order valence-corrected chi connectivity index (χ2v) is 7.35. The zero-order valence-corrected chi connectivity index (χ0v) is 15.1. The Morgan fingerprint density at radius 1 is 1.22 bits per heavy atom. The SMILES string of the molecule is O=C(C1CCCC1)N1CCN(CCNc2ccc(Br)cn2)CC1. The number of carbonyl (C=O) groups is 1. The van der Waals surface area contributed by atoms with Crippen LogP contribution >= 0.6 is 15.9 Å². The smallest absolute Gasteiger partial charge is 0.225 e. The molecular formula is C17H25BrN4O. The molecule has 1 aliphatic carbocycles. The first-order valence-corrected chi connectivity index (χ1v) is 9.38. The Balaban J connectivity index is 1.36. The molecule has 1 N–H and O–H groups in total. The van der Waals surface area contributed by atoms with Crippen molar-refractivity contribution < 1.29 is 4.79 Å². The monoisotopic (exact) mass is 380 g/mol. The van der Waals surface area contributed by atoms with Gasteiger partial charge in [0.2, 0.25) is 5.91 Å². The molecule has 1 saturated heterocycles. The van der Waals surface area contributed by atoms with Crippen LogP contribution in [0, 0.1) is 5.92 Å². The van der Waals surface area contributed by atoms with E-state index in [2.05, 4.69) is 36.0 Å². The van der Waals surface area contributed by atoms with Crippen LogP contribution in [-0.2, 0) is 4.79 Å². The summed E-state index contributed by atoms with van der Waals surface area (Å²) in [5.41, 5.74) is 0. The summed E-state index contributed by atoms with van der Waals surface area (Å²) in [6.07, 6.45) is 6.46. The first kappa shape index (κ1) is 16.7. The van der Waals surface area contributed by atoms with Gasteiger partial charge in [-0.15, -0.1) is 0 Å². The molecule has 5 nitrogen and oxygen atoms in total. The number of nitrogens with one attached hydrogen (secondary N) is 1. The summed E-state index contributed by atoms with van der Waals surface area (Å²) in [6.45, 7) is 5.59. The Hall–Kier alpha value is -1.14. The van der Waals surface area contributed by atoms with Crippen molar-refractivity contribution in [2.24, 2.45) is 5.92 Å². The van der Waals surface area contributed by atoms with Gasteiger partial charge in [-0.25, -0.2) is 4.98 Å². The summed E-state index contributed by atoms with van der Waals surface area (Å²) in [4.78, 5) is 21.2. The predicted octanol–water partition coefficient (Wildman–Crippen LogP) is 2.59. The number of piperazine rings is 1. The fourth-order valence-corrected chi connectivity index (χ4v) is 3.68. The van der Waals surface area contributed by atoms with E-state index < -0.39 is 0 Å². The number of rotatable bonds is 5. The number of hydrogen-bond donors (Lipinski definition) is 1. The molecule has 0 unspecified atom stereocenters. The third-order valence-corrected chi connectivity index (χ3v) is 5.32. The highest BCUT2D eigenvalue weighted by atomic mass is 79.9. The third-order valence-electron chi connectivity index (χ3n) is 4.85. The fraction of sp³-hybridized carbons (Fsp3) is 0.647. The molecule has 2 fully saturated rings. The lowest BCUT2D eigenvalue weighted by Gasteiger charge is -2.36. The highest BCUT2D eigenvalue weighted by Gasteiger charge is 2.29. The Morgan fingerprint density at radius 2 is 1.96 bits per heavy atom. The van der Waals surface area contributed by atoms with Gasteiger partial charge in [0.15, 0.2) is 0 Å². The maximum Gasteiger partial charge on any atom is 0.225 e. The number of hydrogen-bond acceptors (Lipinski definition) is 4. The van der Waals surface area contributed by atoms with Crippen LogP contribution in [0.5, 0.6) is 0 Å². The topological polar surface area (TPSA) is 48.5 Å². The van der Waals surface area contributed by atoms with E-state index in [0.29, 0.717) is 11.8 Å². The Labute approximate surface area is 146 Å². The van der Waals surface area contributed by atoms with Crippen molar-refractivity contribution in [1.82, 2.24) is 14.8 Å². The zero-order chi connectivity index (χ0) is 16.1. The Morgan fingerprint density at radius 3 is 2.61 bits per heavy atom. The summed E-state index contributed by atoms with van der Waals surface area (Å²) >= 11 is 3.39. The van der Waals surface area contributed by atoms with E-state index in [1.807, 2.05) is 12.1 Å². The van der Waals surface area contributed by atoms with Crippen LogP contribution in [0.25, 0.3) is 0 Å². The maximum absolute atomic E-state index is 12.4. The molecule has 126 valence electrons. The molecule has 0 bridgehead atoms. The van der Waals surface area contributed by atoms with E-state index >= 15 is 0 Å². The molecule has 6 heteroatoms. The van der Waals surface area contributed by atoms with Gasteiger partial charge in [0, 0.05) is 55.9 Å². The van der Waals surface area contributed by atoms with Crippen molar-refractivity contribution in [3.05, 3.63) is 22.8 Å². The minimum absolute atomic E-state index is 0.312. The van der Waals surface area contributed by atoms with Crippen molar-refractivity contribution in [1.29, 1.82) is 0 Å². The molecule has 1 saturated carbocycles. The van der Waals surface area contributed by atoms with Gasteiger partial charge in [0.25, 0.3) is 0 Å². The largest absolute Gasteiger partial charge is 0.369 e. The third kappa shape index (κ3) is 4.67. The summed E-state index contributed by atoms with van der Waals surface area (Å²) in [5.74, 6) is 1.62. The molecule has 2 heterocycles. The van der Waals surface area contributed by atoms with Gasteiger partial charge in [-0.05, 0) is 40.9 Å². The highest BCUT2D eigenvalue weighted by molar-refractivity contribution is 9.10. The van der Waals surface area contributed by atoms with E-state index in [1.165, 1.54) is 12.8 Å². The van der Waals surface area contributed by atoms with Crippen molar-refractivity contribution in [2.45, 2.75) is 25.7 Å². The van der Waals surface area contributed by atoms with Gasteiger partial charge in [-0.3, -0.25) is 9.69 Å². The molecule has 1 aromatic heterocycles. The second kappa shape index (κ2) is 8.11. The van der Waals surface area contributed by atoms with Crippen molar-refractivity contribution in [2.75, 3.05) is 44.6 Å². The lowest BCUT2D eigenvalue weighted by Crippen LogP contribution is -2.50. The number of aromatic nitrogens is 1. The molecule has 23 heavy (non-hydrogen) atoms. The molecule has 0 aromatic carbocycles. The summed E-state index contributed by atoms with van der Waals surface area (Å²) in [5, 5.41) is 3.34. The fourth-order valence-electron chi connectivity index (χ4n) is 3.45. The molecule has 2 aliphatic rings. The standard InChI is InChI=1S/C17H25BrN4O/c18-15-5-6-16(20-13-15)19-7-8-21-9-11-22(12-10-21)17(23)14-3-1-2-4-14/h5-6,13-14H,1-4,7-12H2,(H,19,20). The average molecular weight is 381 g/mol. The van der Waals surface area contributed by atoms with Crippen LogP contribution in [0.1, 0.15) is 25.7 Å². The molecular weight excluding hydrogens is 356 g/mol. The van der Waals surface area contributed by atoms with Gasteiger partial charge in [-0.2, -0.15) is 0 Å². The summed E-state index contributed by atoms with van der Waals surface area (Å²) in [7, 11) is 0. The zero-order valence-electron chi connectivity index (χ0n) is 13.5. The van der Waals surface area contributed by atoms with Crippen molar-refractivity contribution >= 4 is 27.7 Å². The average Bonchev–Trinajstić information content (AvgIpc) is 3.11. The van der Waals surface area contributed by atoms with Gasteiger partial charge in [-0.1, -0.05) is 12.8 Å². The van der Waals surface area contributed by atoms with Crippen LogP contribution in [0.15, 0.2) is 22.8 Å². The maximum atomic E-state index is 12.4. The van der Waals surface area contributed by atoms with E-state index in [9.17, 15) is 4.79 Å². The van der Waals surface area contributed by atoms with E-state index in [1.54, 1.807) is 6.20 Å². The van der Waals surface area contributed by atoms with Crippen LogP contribution in [0.2, 0.25) is 0 Å². The molecule has 0 radical (unpaired) electrons. The van der Waals surface area contributed by atoms with Gasteiger partial charge >= 0.3 is 0 Å². The molecule has 0 spiro atoms. The van der Waals surface area contributed by atoms with Crippen LogP contribution in [-0.4, -0.2) is 60.0 Å². The highest BCUT2D eigenvalue weighted by Crippen LogP contribution is 2.26. The van der Waals surface area contributed by atoms with Crippen molar-refractivity contribution in [3.8, 4) is 0 Å². The first-order valence-electron chi connectivity index (χ1n) is 8.59. The summed E-state index contributed by atoms with van der Waals surface area (Å²) < 4.78 is 0.992. The van der Waals surface area contributed by atoms with Gasteiger partial charge in [0.05, 0.1) is 0 Å². The lowest BCUT2D eigenvalue weighted by molar-refractivity contribution is -0.137. The number of halogens is 1. The van der Waals surface area contributed by atoms with E-state index in [0.717, 1.165) is 62.4 Å². The second-order valence-electron chi connectivity index (χ2n) is 6.44. The first-order chi connectivity index (χ1) is 11.2. The lowest BCUT2D eigenvalue weighted by atomic mass is 10.1.